The SMILES string of the molecule is CCOC(=O)c1cnc2cc(C(F)(F)F)ccc2c1Nc1c(C)n(C)n(-c2ccccc2)c1=O. The number of hydrogen-bond acceptors (Lipinski definition) is 5. The highest BCUT2D eigenvalue weighted by atomic mass is 19.4. The zero-order chi connectivity index (χ0) is 24.6. The molecule has 34 heavy (non-hydrogen) atoms. The number of nitrogens with zero attached hydrogens (tertiary/aromatic N) is 3. The number of nitrogens with one attached hydrogen (secondary N) is 1. The van der Waals surface area contributed by atoms with Gasteiger partial charge in [-0.15, -0.1) is 0 Å². The molecule has 4 rings (SSSR count). The average Bonchev–Trinajstić information content (AvgIpc) is 3.02. The summed E-state index contributed by atoms with van der Waals surface area (Å²) in [6.07, 6.45) is -3.40. The van der Waals surface area contributed by atoms with Crippen molar-refractivity contribution in [1.29, 1.82) is 0 Å². The van der Waals surface area contributed by atoms with E-state index in [2.05, 4.69) is 10.3 Å². The number of pyridine rings is 1. The van der Waals surface area contributed by atoms with Crippen LogP contribution in [0.15, 0.2) is 59.5 Å². The van der Waals surface area contributed by atoms with E-state index in [1.165, 1.54) is 10.7 Å². The van der Waals surface area contributed by atoms with E-state index in [1.807, 2.05) is 6.07 Å². The van der Waals surface area contributed by atoms with Crippen molar-refractivity contribution in [1.82, 2.24) is 14.3 Å². The summed E-state index contributed by atoms with van der Waals surface area (Å²) >= 11 is 0. The minimum absolute atomic E-state index is 0.00280. The average molecular weight is 470 g/mol. The highest BCUT2D eigenvalue weighted by molar-refractivity contribution is 6.06. The number of rotatable bonds is 5. The van der Waals surface area contributed by atoms with Gasteiger partial charge in [0.15, 0.2) is 0 Å². The molecule has 176 valence electrons. The number of aromatic nitrogens is 3. The van der Waals surface area contributed by atoms with Crippen LogP contribution in [-0.4, -0.2) is 26.9 Å². The first-order valence-electron chi connectivity index (χ1n) is 10.4. The number of hydrogen-bond donors (Lipinski definition) is 1. The van der Waals surface area contributed by atoms with E-state index in [-0.39, 0.29) is 34.4 Å². The van der Waals surface area contributed by atoms with Crippen LogP contribution in [-0.2, 0) is 18.0 Å². The number of carbonyl (C=O) groups excluding carboxylic acids is 1. The van der Waals surface area contributed by atoms with Crippen molar-refractivity contribution in [3.8, 4) is 5.69 Å². The molecule has 0 unspecified atom stereocenters. The van der Waals surface area contributed by atoms with Crippen LogP contribution in [0.5, 0.6) is 0 Å². The molecule has 0 fully saturated rings. The van der Waals surface area contributed by atoms with Crippen LogP contribution in [0.3, 0.4) is 0 Å². The molecule has 0 atom stereocenters. The van der Waals surface area contributed by atoms with E-state index < -0.39 is 23.3 Å². The lowest BCUT2D eigenvalue weighted by atomic mass is 10.1. The number of halogens is 3. The number of alkyl halides is 3. The van der Waals surface area contributed by atoms with Crippen LogP contribution in [0.25, 0.3) is 16.6 Å². The van der Waals surface area contributed by atoms with E-state index in [9.17, 15) is 22.8 Å². The maximum atomic E-state index is 13.3. The molecular formula is C24H21F3N4O3. The molecule has 0 saturated carbocycles. The molecule has 0 aliphatic heterocycles. The van der Waals surface area contributed by atoms with Gasteiger partial charge in [0.05, 0.1) is 34.8 Å². The van der Waals surface area contributed by atoms with Crippen LogP contribution < -0.4 is 10.9 Å². The van der Waals surface area contributed by atoms with Crippen LogP contribution in [0.2, 0.25) is 0 Å². The van der Waals surface area contributed by atoms with Crippen molar-refractivity contribution in [3.05, 3.63) is 81.9 Å². The monoisotopic (exact) mass is 470 g/mol. The Bertz CT molecular complexity index is 1440. The Morgan fingerprint density at radius 1 is 1.12 bits per heavy atom. The number of para-hydroxylation sites is 1. The Morgan fingerprint density at radius 2 is 1.82 bits per heavy atom. The van der Waals surface area contributed by atoms with Crippen molar-refractivity contribution in [3.63, 3.8) is 0 Å². The standard InChI is InChI=1S/C24H21F3N4O3/c1-4-34-23(33)18-13-28-19-12-15(24(25,26)27)10-11-17(19)21(18)29-20-14(2)30(3)31(22(20)32)16-8-6-5-7-9-16/h5-13H,4H2,1-3H3,(H,28,29). The van der Waals surface area contributed by atoms with E-state index in [1.54, 1.807) is 49.8 Å². The number of esters is 1. The molecule has 0 aliphatic rings. The number of carbonyl (C=O) groups is 1. The third-order valence-corrected chi connectivity index (χ3v) is 5.50. The molecule has 2 aromatic carbocycles. The van der Waals surface area contributed by atoms with Gasteiger partial charge in [0.1, 0.15) is 11.3 Å². The summed E-state index contributed by atoms with van der Waals surface area (Å²) < 4.78 is 47.9. The second kappa shape index (κ2) is 8.69. The van der Waals surface area contributed by atoms with Gasteiger partial charge in [0.2, 0.25) is 0 Å². The van der Waals surface area contributed by atoms with Gasteiger partial charge in [0, 0.05) is 18.6 Å². The van der Waals surface area contributed by atoms with Crippen molar-refractivity contribution in [2.24, 2.45) is 7.05 Å². The lowest BCUT2D eigenvalue weighted by molar-refractivity contribution is -0.137. The molecule has 2 heterocycles. The fraction of sp³-hybridized carbons (Fsp3) is 0.208. The highest BCUT2D eigenvalue weighted by Gasteiger charge is 2.31. The normalized spacial score (nSPS) is 11.6. The van der Waals surface area contributed by atoms with Gasteiger partial charge in [-0.1, -0.05) is 24.3 Å². The van der Waals surface area contributed by atoms with Gasteiger partial charge >= 0.3 is 12.1 Å². The molecular weight excluding hydrogens is 449 g/mol. The quantitative estimate of drug-likeness (QED) is 0.417. The number of ether oxygens (including phenoxy) is 1. The zero-order valence-corrected chi connectivity index (χ0v) is 18.6. The second-order valence-corrected chi connectivity index (χ2v) is 7.56. The van der Waals surface area contributed by atoms with Gasteiger partial charge in [-0.25, -0.2) is 9.48 Å². The maximum absolute atomic E-state index is 13.3. The van der Waals surface area contributed by atoms with Gasteiger partial charge in [-0.3, -0.25) is 14.5 Å². The summed E-state index contributed by atoms with van der Waals surface area (Å²) in [5.74, 6) is -0.712. The first-order chi connectivity index (χ1) is 16.1. The highest BCUT2D eigenvalue weighted by Crippen LogP contribution is 2.35. The molecule has 7 nitrogen and oxygen atoms in total. The Hall–Kier alpha value is -4.08. The smallest absolute Gasteiger partial charge is 0.416 e. The van der Waals surface area contributed by atoms with Crippen LogP contribution in [0, 0.1) is 6.92 Å². The Balaban J connectivity index is 1.92. The first kappa shape index (κ1) is 23.1. The van der Waals surface area contributed by atoms with Gasteiger partial charge < -0.3 is 10.1 Å². The molecule has 2 aromatic heterocycles. The fourth-order valence-electron chi connectivity index (χ4n) is 3.71. The summed E-state index contributed by atoms with van der Waals surface area (Å²) in [5, 5.41) is 3.25. The maximum Gasteiger partial charge on any atom is 0.416 e. The largest absolute Gasteiger partial charge is 0.462 e. The summed E-state index contributed by atoms with van der Waals surface area (Å²) in [5.41, 5.74) is 0.257. The summed E-state index contributed by atoms with van der Waals surface area (Å²) in [6, 6.07) is 12.0. The fourth-order valence-corrected chi connectivity index (χ4v) is 3.71. The molecule has 1 N–H and O–H groups in total. The van der Waals surface area contributed by atoms with Crippen molar-refractivity contribution in [2.75, 3.05) is 11.9 Å². The molecule has 0 aliphatic carbocycles. The van der Waals surface area contributed by atoms with Gasteiger partial charge in [-0.05, 0) is 38.1 Å². The molecule has 0 bridgehead atoms. The van der Waals surface area contributed by atoms with Crippen LogP contribution in [0.4, 0.5) is 24.5 Å². The number of benzene rings is 2. The molecule has 10 heteroatoms. The van der Waals surface area contributed by atoms with Crippen molar-refractivity contribution >= 4 is 28.2 Å². The summed E-state index contributed by atoms with van der Waals surface area (Å²) in [6.45, 7) is 3.45. The third kappa shape index (κ3) is 4.02. The van der Waals surface area contributed by atoms with Crippen molar-refractivity contribution in [2.45, 2.75) is 20.0 Å². The minimum atomic E-state index is -4.55. The van der Waals surface area contributed by atoms with Crippen molar-refractivity contribution < 1.29 is 22.7 Å². The van der Waals surface area contributed by atoms with E-state index in [4.69, 9.17) is 4.74 Å². The van der Waals surface area contributed by atoms with E-state index >= 15 is 0 Å². The molecule has 0 amide bonds. The van der Waals surface area contributed by atoms with Gasteiger partial charge in [-0.2, -0.15) is 13.2 Å². The predicted octanol–water partition coefficient (Wildman–Crippen LogP) is 4.97. The van der Waals surface area contributed by atoms with E-state index in [0.717, 1.165) is 18.3 Å². The lowest BCUT2D eigenvalue weighted by Gasteiger charge is -2.15. The Kier molecular flexibility index (Phi) is 5.90. The van der Waals surface area contributed by atoms with E-state index in [0.29, 0.717) is 11.4 Å². The predicted molar refractivity (Wildman–Crippen MR) is 122 cm³/mol. The molecule has 0 spiro atoms. The number of fused-ring (bicyclic) bond motifs is 1. The molecule has 4 aromatic rings. The zero-order valence-electron chi connectivity index (χ0n) is 18.6. The van der Waals surface area contributed by atoms with Crippen LogP contribution >= 0.6 is 0 Å². The first-order valence-corrected chi connectivity index (χ1v) is 10.4. The topological polar surface area (TPSA) is 78.2 Å². The van der Waals surface area contributed by atoms with Gasteiger partial charge in [0.25, 0.3) is 5.56 Å². The number of anilines is 2. The summed E-state index contributed by atoms with van der Waals surface area (Å²) in [7, 11) is 1.71. The molecule has 0 saturated heterocycles. The summed E-state index contributed by atoms with van der Waals surface area (Å²) in [4.78, 5) is 30.0. The molecule has 0 radical (unpaired) electrons. The minimum Gasteiger partial charge on any atom is -0.462 e. The van der Waals surface area contributed by atoms with Crippen LogP contribution in [0.1, 0.15) is 28.5 Å². The third-order valence-electron chi connectivity index (χ3n) is 5.50. The Morgan fingerprint density at radius 3 is 2.47 bits per heavy atom. The second-order valence-electron chi connectivity index (χ2n) is 7.56. The lowest BCUT2D eigenvalue weighted by Crippen LogP contribution is -2.20. The Labute approximate surface area is 192 Å².